The predicted octanol–water partition coefficient (Wildman–Crippen LogP) is 2.10. The summed E-state index contributed by atoms with van der Waals surface area (Å²) >= 11 is 0. The SMILES string of the molecule is CCc1nn(C)cc1C(CN)N(CC(C)C)C1CC1. The van der Waals surface area contributed by atoms with Crippen molar-refractivity contribution in [1.29, 1.82) is 0 Å². The van der Waals surface area contributed by atoms with Gasteiger partial charge in [0, 0.05) is 37.9 Å². The first-order valence-electron chi connectivity index (χ1n) is 7.55. The lowest BCUT2D eigenvalue weighted by Gasteiger charge is -2.32. The van der Waals surface area contributed by atoms with Crippen LogP contribution in [0.5, 0.6) is 0 Å². The van der Waals surface area contributed by atoms with E-state index in [4.69, 9.17) is 5.73 Å². The van der Waals surface area contributed by atoms with Gasteiger partial charge in [0.05, 0.1) is 11.7 Å². The first-order chi connectivity index (χ1) is 9.06. The van der Waals surface area contributed by atoms with Crippen molar-refractivity contribution >= 4 is 0 Å². The molecule has 1 aliphatic carbocycles. The number of hydrogen-bond donors (Lipinski definition) is 1. The third-order valence-electron chi connectivity index (χ3n) is 3.85. The fourth-order valence-corrected chi connectivity index (χ4v) is 2.91. The molecule has 2 N–H and O–H groups in total. The smallest absolute Gasteiger partial charge is 0.0670 e. The van der Waals surface area contributed by atoms with E-state index in [1.807, 2.05) is 11.7 Å². The highest BCUT2D eigenvalue weighted by Crippen LogP contribution is 2.35. The van der Waals surface area contributed by atoms with Gasteiger partial charge in [-0.25, -0.2) is 0 Å². The molecular formula is C15H28N4. The summed E-state index contributed by atoms with van der Waals surface area (Å²) in [6.07, 6.45) is 5.79. The molecule has 0 radical (unpaired) electrons. The van der Waals surface area contributed by atoms with Crippen molar-refractivity contribution in [2.75, 3.05) is 13.1 Å². The molecule has 0 bridgehead atoms. The van der Waals surface area contributed by atoms with Crippen LogP contribution in [-0.2, 0) is 13.5 Å². The summed E-state index contributed by atoms with van der Waals surface area (Å²) in [5, 5.41) is 4.57. The van der Waals surface area contributed by atoms with Crippen molar-refractivity contribution in [3.8, 4) is 0 Å². The van der Waals surface area contributed by atoms with Crippen LogP contribution in [0.25, 0.3) is 0 Å². The van der Waals surface area contributed by atoms with Gasteiger partial charge in [0.2, 0.25) is 0 Å². The van der Waals surface area contributed by atoms with Crippen molar-refractivity contribution in [3.05, 3.63) is 17.5 Å². The van der Waals surface area contributed by atoms with E-state index < -0.39 is 0 Å². The van der Waals surface area contributed by atoms with Crippen LogP contribution in [0.1, 0.15) is 50.9 Å². The van der Waals surface area contributed by atoms with Gasteiger partial charge in [-0.05, 0) is 25.2 Å². The van der Waals surface area contributed by atoms with Crippen molar-refractivity contribution < 1.29 is 0 Å². The van der Waals surface area contributed by atoms with Crippen LogP contribution in [0.3, 0.4) is 0 Å². The molecule has 0 spiro atoms. The van der Waals surface area contributed by atoms with E-state index in [1.165, 1.54) is 24.1 Å². The maximum atomic E-state index is 6.10. The van der Waals surface area contributed by atoms with E-state index in [-0.39, 0.29) is 0 Å². The van der Waals surface area contributed by atoms with Gasteiger partial charge in [0.1, 0.15) is 0 Å². The van der Waals surface area contributed by atoms with Crippen LogP contribution in [0.15, 0.2) is 6.20 Å². The normalized spacial score (nSPS) is 17.4. The maximum Gasteiger partial charge on any atom is 0.0670 e. The van der Waals surface area contributed by atoms with Crippen molar-refractivity contribution in [3.63, 3.8) is 0 Å². The average Bonchev–Trinajstić information content (AvgIpc) is 3.13. The average molecular weight is 264 g/mol. The second-order valence-corrected chi connectivity index (χ2v) is 6.13. The lowest BCUT2D eigenvalue weighted by Crippen LogP contribution is -2.38. The molecule has 1 aromatic rings. The van der Waals surface area contributed by atoms with Crippen molar-refractivity contribution in [2.24, 2.45) is 18.7 Å². The minimum Gasteiger partial charge on any atom is -0.329 e. The molecule has 0 amide bonds. The zero-order valence-corrected chi connectivity index (χ0v) is 12.8. The molecule has 0 aliphatic heterocycles. The van der Waals surface area contributed by atoms with Crippen molar-refractivity contribution in [1.82, 2.24) is 14.7 Å². The highest BCUT2D eigenvalue weighted by molar-refractivity contribution is 5.23. The van der Waals surface area contributed by atoms with Crippen molar-refractivity contribution in [2.45, 2.75) is 52.1 Å². The molecule has 0 saturated heterocycles. The summed E-state index contributed by atoms with van der Waals surface area (Å²) in [7, 11) is 2.00. The number of hydrogen-bond acceptors (Lipinski definition) is 3. The minimum absolute atomic E-state index is 0.332. The number of rotatable bonds is 7. The molecule has 19 heavy (non-hydrogen) atoms. The van der Waals surface area contributed by atoms with E-state index in [0.29, 0.717) is 18.5 Å². The molecule has 1 heterocycles. The summed E-state index contributed by atoms with van der Waals surface area (Å²) in [6.45, 7) is 8.55. The first kappa shape index (κ1) is 14.5. The standard InChI is InChI=1S/C15H28N4/c1-5-14-13(10-18(4)17-14)15(8-16)19(9-11(2)3)12-6-7-12/h10-12,15H,5-9,16H2,1-4H3. The fraction of sp³-hybridized carbons (Fsp3) is 0.800. The number of aryl methyl sites for hydroxylation is 2. The predicted molar refractivity (Wildman–Crippen MR) is 78.9 cm³/mol. The number of nitrogens with zero attached hydrogens (tertiary/aromatic N) is 3. The Kier molecular flexibility index (Phi) is 4.63. The van der Waals surface area contributed by atoms with Crippen LogP contribution >= 0.6 is 0 Å². The Morgan fingerprint density at radius 2 is 2.16 bits per heavy atom. The van der Waals surface area contributed by atoms with Gasteiger partial charge in [0.25, 0.3) is 0 Å². The molecule has 0 aromatic carbocycles. The van der Waals surface area contributed by atoms with Crippen LogP contribution in [0, 0.1) is 5.92 Å². The van der Waals surface area contributed by atoms with E-state index in [9.17, 15) is 0 Å². The van der Waals surface area contributed by atoms with E-state index in [1.54, 1.807) is 0 Å². The molecule has 1 aliphatic rings. The molecule has 108 valence electrons. The molecule has 1 saturated carbocycles. The van der Waals surface area contributed by atoms with Gasteiger partial charge in [-0.2, -0.15) is 5.10 Å². The van der Waals surface area contributed by atoms with Gasteiger partial charge in [-0.1, -0.05) is 20.8 Å². The lowest BCUT2D eigenvalue weighted by atomic mass is 10.0. The summed E-state index contributed by atoms with van der Waals surface area (Å²) in [4.78, 5) is 2.61. The van der Waals surface area contributed by atoms with Gasteiger partial charge < -0.3 is 5.73 Å². The van der Waals surface area contributed by atoms with Crippen LogP contribution in [-0.4, -0.2) is 33.8 Å². The molecule has 1 unspecified atom stereocenters. The topological polar surface area (TPSA) is 47.1 Å². The van der Waals surface area contributed by atoms with Gasteiger partial charge >= 0.3 is 0 Å². The Bertz CT molecular complexity index is 406. The highest BCUT2D eigenvalue weighted by Gasteiger charge is 2.35. The minimum atomic E-state index is 0.332. The third kappa shape index (κ3) is 3.37. The van der Waals surface area contributed by atoms with Crippen LogP contribution in [0.4, 0.5) is 0 Å². The maximum absolute atomic E-state index is 6.10. The molecule has 2 rings (SSSR count). The van der Waals surface area contributed by atoms with Crippen LogP contribution in [0.2, 0.25) is 0 Å². The second-order valence-electron chi connectivity index (χ2n) is 6.13. The molecular weight excluding hydrogens is 236 g/mol. The third-order valence-corrected chi connectivity index (χ3v) is 3.85. The summed E-state index contributed by atoms with van der Waals surface area (Å²) < 4.78 is 1.93. The summed E-state index contributed by atoms with van der Waals surface area (Å²) in [5.41, 5.74) is 8.64. The Morgan fingerprint density at radius 3 is 2.63 bits per heavy atom. The van der Waals surface area contributed by atoms with E-state index >= 15 is 0 Å². The lowest BCUT2D eigenvalue weighted by molar-refractivity contribution is 0.169. The Morgan fingerprint density at radius 1 is 1.47 bits per heavy atom. The molecule has 4 heteroatoms. The quantitative estimate of drug-likeness (QED) is 0.820. The number of nitrogens with two attached hydrogens (primary N) is 1. The van der Waals surface area contributed by atoms with Gasteiger partial charge in [0.15, 0.2) is 0 Å². The monoisotopic (exact) mass is 264 g/mol. The fourth-order valence-electron chi connectivity index (χ4n) is 2.91. The summed E-state index contributed by atoms with van der Waals surface area (Å²) in [6, 6.07) is 1.07. The van der Waals surface area contributed by atoms with Gasteiger partial charge in [-0.3, -0.25) is 9.58 Å². The van der Waals surface area contributed by atoms with Gasteiger partial charge in [-0.15, -0.1) is 0 Å². The number of aromatic nitrogens is 2. The van der Waals surface area contributed by atoms with Crippen LogP contribution < -0.4 is 5.73 Å². The molecule has 1 atom stereocenters. The Hall–Kier alpha value is -0.870. The van der Waals surface area contributed by atoms with E-state index in [2.05, 4.69) is 37.0 Å². The first-order valence-corrected chi connectivity index (χ1v) is 7.55. The highest BCUT2D eigenvalue weighted by atomic mass is 15.3. The summed E-state index contributed by atoms with van der Waals surface area (Å²) in [5.74, 6) is 0.677. The molecule has 1 fully saturated rings. The zero-order chi connectivity index (χ0) is 14.0. The zero-order valence-electron chi connectivity index (χ0n) is 12.8. The Balaban J connectivity index is 2.25. The second kappa shape index (κ2) is 6.06. The molecule has 4 nitrogen and oxygen atoms in total. The Labute approximate surface area is 117 Å². The van der Waals surface area contributed by atoms with E-state index in [0.717, 1.165) is 19.0 Å². The molecule has 1 aromatic heterocycles. The largest absolute Gasteiger partial charge is 0.329 e.